The van der Waals surface area contributed by atoms with Gasteiger partial charge in [0.15, 0.2) is 11.6 Å². The fraction of sp³-hybridized carbons (Fsp3) is 0.444. The lowest BCUT2D eigenvalue weighted by atomic mass is 9.83. The summed E-state index contributed by atoms with van der Waals surface area (Å²) < 4.78 is 15.5. The van der Waals surface area contributed by atoms with E-state index in [-0.39, 0.29) is 23.1 Å². The van der Waals surface area contributed by atoms with Crippen molar-refractivity contribution < 1.29 is 9.18 Å². The molecule has 5 rings (SSSR count). The highest BCUT2D eigenvalue weighted by Gasteiger charge is 2.39. The van der Waals surface area contributed by atoms with E-state index in [1.807, 2.05) is 16.8 Å². The summed E-state index contributed by atoms with van der Waals surface area (Å²) in [5, 5.41) is 8.99. The average molecular weight is 479 g/mol. The third kappa shape index (κ3) is 4.50. The molecule has 2 atom stereocenters. The van der Waals surface area contributed by atoms with Crippen molar-refractivity contribution >= 4 is 17.5 Å². The second kappa shape index (κ2) is 9.17. The van der Waals surface area contributed by atoms with Crippen molar-refractivity contribution in [2.45, 2.75) is 80.7 Å². The Morgan fingerprint density at radius 1 is 0.971 bits per heavy atom. The molecule has 178 valence electrons. The van der Waals surface area contributed by atoms with E-state index in [9.17, 15) is 9.18 Å². The van der Waals surface area contributed by atoms with Crippen LogP contribution in [0, 0.1) is 5.82 Å². The predicted octanol–water partition coefficient (Wildman–Crippen LogP) is 6.40. The quantitative estimate of drug-likeness (QED) is 0.440. The van der Waals surface area contributed by atoms with Crippen LogP contribution in [0.25, 0.3) is 0 Å². The minimum Gasteiger partial charge on any atom is -0.313 e. The molecule has 0 bridgehead atoms. The Kier molecular flexibility index (Phi) is 6.23. The largest absolute Gasteiger partial charge is 0.313 e. The van der Waals surface area contributed by atoms with Crippen LogP contribution in [-0.4, -0.2) is 25.9 Å². The smallest absolute Gasteiger partial charge is 0.210 e. The van der Waals surface area contributed by atoms with Crippen LogP contribution in [-0.2, 0) is 5.41 Å². The molecule has 7 heteroatoms. The van der Waals surface area contributed by atoms with E-state index >= 15 is 0 Å². The van der Waals surface area contributed by atoms with E-state index in [1.54, 1.807) is 12.1 Å². The number of aromatic nitrogens is 3. The Morgan fingerprint density at radius 2 is 1.62 bits per heavy atom. The maximum Gasteiger partial charge on any atom is 0.210 e. The first kappa shape index (κ1) is 23.1. The van der Waals surface area contributed by atoms with E-state index in [0.29, 0.717) is 16.6 Å². The molecule has 34 heavy (non-hydrogen) atoms. The highest BCUT2D eigenvalue weighted by molar-refractivity contribution is 8.00. The zero-order valence-corrected chi connectivity index (χ0v) is 20.7. The van der Waals surface area contributed by atoms with Crippen molar-refractivity contribution in [1.82, 2.24) is 14.9 Å². The van der Waals surface area contributed by atoms with Crippen LogP contribution in [0.2, 0.25) is 0 Å². The lowest BCUT2D eigenvalue weighted by Crippen LogP contribution is -2.40. The van der Waals surface area contributed by atoms with Gasteiger partial charge in [-0.2, -0.15) is 0 Å². The third-order valence-electron chi connectivity index (χ3n) is 6.87. The second-order valence-electron chi connectivity index (χ2n) is 10.4. The Bertz CT molecular complexity index is 1160. The summed E-state index contributed by atoms with van der Waals surface area (Å²) >= 11 is 1.42. The molecule has 0 unspecified atom stereocenters. The number of rotatable bonds is 4. The van der Waals surface area contributed by atoms with Crippen molar-refractivity contribution in [2.24, 2.45) is 0 Å². The molecule has 2 aromatic carbocycles. The summed E-state index contributed by atoms with van der Waals surface area (Å²) in [6.07, 6.45) is 6.35. The number of fused-ring (bicyclic) bond motifs is 1. The zero-order valence-electron chi connectivity index (χ0n) is 19.9. The Hall–Kier alpha value is -2.67. The molecule has 0 saturated heterocycles. The molecule has 0 spiro atoms. The van der Waals surface area contributed by atoms with E-state index < -0.39 is 5.25 Å². The zero-order chi connectivity index (χ0) is 23.9. The number of halogens is 1. The molecule has 1 aliphatic heterocycles. The van der Waals surface area contributed by atoms with Crippen molar-refractivity contribution in [1.29, 1.82) is 0 Å². The van der Waals surface area contributed by atoms with Gasteiger partial charge in [0, 0.05) is 11.0 Å². The first-order chi connectivity index (χ1) is 16.3. The molecular formula is C27H31FN4OS. The van der Waals surface area contributed by atoms with Gasteiger partial charge in [-0.3, -0.25) is 4.79 Å². The fourth-order valence-corrected chi connectivity index (χ4v) is 6.14. The van der Waals surface area contributed by atoms with Gasteiger partial charge in [-0.1, -0.05) is 88.2 Å². The van der Waals surface area contributed by atoms with Crippen LogP contribution < -0.4 is 5.43 Å². The van der Waals surface area contributed by atoms with Crippen LogP contribution >= 0.6 is 11.8 Å². The highest BCUT2D eigenvalue weighted by Crippen LogP contribution is 2.40. The summed E-state index contributed by atoms with van der Waals surface area (Å²) in [5.41, 5.74) is 6.13. The fourth-order valence-electron chi connectivity index (χ4n) is 4.98. The van der Waals surface area contributed by atoms with Gasteiger partial charge in [-0.05, 0) is 42.0 Å². The number of thioether (sulfide) groups is 1. The number of Topliss-reactive ketones (excluding diaryl/α,β-unsaturated/α-hetero) is 1. The molecule has 1 N–H and O–H groups in total. The first-order valence-corrected chi connectivity index (χ1v) is 13.0. The van der Waals surface area contributed by atoms with Crippen LogP contribution in [0.4, 0.5) is 4.39 Å². The molecule has 0 amide bonds. The van der Waals surface area contributed by atoms with E-state index in [1.165, 1.54) is 61.6 Å². The lowest BCUT2D eigenvalue weighted by Gasteiger charge is -2.34. The number of carbonyl (C=O) groups is 1. The maximum absolute atomic E-state index is 13.8. The average Bonchev–Trinajstić information content (AvgIpc) is 3.28. The molecule has 5 nitrogen and oxygen atoms in total. The van der Waals surface area contributed by atoms with E-state index in [4.69, 9.17) is 0 Å². The molecule has 1 aliphatic carbocycles. The molecule has 2 aliphatic rings. The van der Waals surface area contributed by atoms with Gasteiger partial charge in [0.2, 0.25) is 5.16 Å². The van der Waals surface area contributed by atoms with Gasteiger partial charge in [-0.25, -0.2) is 9.07 Å². The highest BCUT2D eigenvalue weighted by atomic mass is 32.2. The molecule has 3 aromatic rings. The van der Waals surface area contributed by atoms with Gasteiger partial charge in [0.1, 0.15) is 11.1 Å². The van der Waals surface area contributed by atoms with E-state index in [2.05, 4.69) is 48.5 Å². The summed E-state index contributed by atoms with van der Waals surface area (Å²) in [5.74, 6) is 1.14. The molecule has 1 aromatic heterocycles. The maximum atomic E-state index is 13.8. The van der Waals surface area contributed by atoms with Crippen LogP contribution in [0.5, 0.6) is 0 Å². The Labute approximate surface area is 204 Å². The van der Waals surface area contributed by atoms with Crippen LogP contribution in [0.1, 0.15) is 92.1 Å². The number of carbonyl (C=O) groups excluding carboxylic acids is 1. The molecule has 1 saturated carbocycles. The topological polar surface area (TPSA) is 59.8 Å². The Morgan fingerprint density at radius 3 is 2.26 bits per heavy atom. The monoisotopic (exact) mass is 478 g/mol. The summed E-state index contributed by atoms with van der Waals surface area (Å²) in [6.45, 7) is 6.23. The number of nitrogens with one attached hydrogen (secondary N) is 1. The van der Waals surface area contributed by atoms with Crippen molar-refractivity contribution in [3.05, 3.63) is 76.9 Å². The third-order valence-corrected chi connectivity index (χ3v) is 8.08. The molecule has 0 radical (unpaired) electrons. The minimum atomic E-state index is -0.449. The number of benzene rings is 2. The van der Waals surface area contributed by atoms with Gasteiger partial charge in [-0.15, -0.1) is 10.2 Å². The number of hydrogen-bond donors (Lipinski definition) is 1. The summed E-state index contributed by atoms with van der Waals surface area (Å²) in [7, 11) is 0. The predicted molar refractivity (Wildman–Crippen MR) is 133 cm³/mol. The molecule has 1 fully saturated rings. The molecular weight excluding hydrogens is 447 g/mol. The number of hydrogen-bond acceptors (Lipinski definition) is 5. The van der Waals surface area contributed by atoms with E-state index in [0.717, 1.165) is 11.4 Å². The van der Waals surface area contributed by atoms with Crippen molar-refractivity contribution in [3.8, 4) is 0 Å². The van der Waals surface area contributed by atoms with Crippen molar-refractivity contribution in [3.63, 3.8) is 0 Å². The lowest BCUT2D eigenvalue weighted by molar-refractivity contribution is 0.0980. The first-order valence-electron chi connectivity index (χ1n) is 12.1. The number of nitrogens with zero attached hydrogens (tertiary/aromatic N) is 3. The van der Waals surface area contributed by atoms with Gasteiger partial charge in [0.05, 0.1) is 6.04 Å². The standard InChI is InChI=1S/C27H31FN4OS/c1-27(2,3)25-29-30-26-32(25)31-22(19-13-15-21(28)16-14-19)24(34-26)23(33)20-11-9-18(10-12-20)17-7-5-4-6-8-17/h9-17,22,24,31H,4-8H2,1-3H3/t22-,24-/m0/s1. The van der Waals surface area contributed by atoms with Gasteiger partial charge in [0.25, 0.3) is 0 Å². The second-order valence-corrected chi connectivity index (χ2v) is 11.5. The van der Waals surface area contributed by atoms with Crippen molar-refractivity contribution in [2.75, 3.05) is 5.43 Å². The van der Waals surface area contributed by atoms with Gasteiger partial charge < -0.3 is 5.43 Å². The Balaban J connectivity index is 1.47. The van der Waals surface area contributed by atoms with Crippen LogP contribution in [0.3, 0.4) is 0 Å². The normalized spacial score (nSPS) is 21.1. The SMILES string of the molecule is CC(C)(C)c1nnc2n1N[C@@H](c1ccc(F)cc1)[C@@H](C(=O)c1ccc(C3CCCCC3)cc1)S2. The minimum absolute atomic E-state index is 0.0357. The van der Waals surface area contributed by atoms with Gasteiger partial charge >= 0.3 is 0 Å². The molecule has 2 heterocycles. The summed E-state index contributed by atoms with van der Waals surface area (Å²) in [6, 6.07) is 14.2. The number of ketones is 1. The van der Waals surface area contributed by atoms with Crippen LogP contribution in [0.15, 0.2) is 53.7 Å². The summed E-state index contributed by atoms with van der Waals surface area (Å²) in [4.78, 5) is 13.8.